The van der Waals surface area contributed by atoms with Crippen LogP contribution in [0.1, 0.15) is 33.1 Å². The highest BCUT2D eigenvalue weighted by molar-refractivity contribution is 4.82. The molecule has 0 bridgehead atoms. The summed E-state index contributed by atoms with van der Waals surface area (Å²) in [6, 6.07) is 1.57. The molecule has 0 spiro atoms. The van der Waals surface area contributed by atoms with Crippen molar-refractivity contribution in [1.29, 1.82) is 0 Å². The van der Waals surface area contributed by atoms with Crippen molar-refractivity contribution in [3.63, 3.8) is 0 Å². The predicted molar refractivity (Wildman–Crippen MR) is 53.4 cm³/mol. The molecule has 0 saturated carbocycles. The molecule has 12 heavy (non-hydrogen) atoms. The molecule has 1 fully saturated rings. The highest BCUT2D eigenvalue weighted by Crippen LogP contribution is 2.21. The van der Waals surface area contributed by atoms with Gasteiger partial charge in [-0.2, -0.15) is 0 Å². The largest absolute Gasteiger partial charge is 0.318 e. The van der Waals surface area contributed by atoms with Gasteiger partial charge in [-0.15, -0.1) is 0 Å². The number of nitrogens with zero attached hydrogens (tertiary/aromatic N) is 1. The first-order valence-corrected chi connectivity index (χ1v) is 5.20. The van der Waals surface area contributed by atoms with Gasteiger partial charge in [0.25, 0.3) is 0 Å². The first-order valence-electron chi connectivity index (χ1n) is 5.20. The molecule has 0 aromatic rings. The molecule has 0 aliphatic carbocycles. The van der Waals surface area contributed by atoms with E-state index in [9.17, 15) is 0 Å². The minimum absolute atomic E-state index is 0.711. The van der Waals surface area contributed by atoms with Crippen LogP contribution in [0.5, 0.6) is 0 Å². The van der Waals surface area contributed by atoms with Crippen LogP contribution in [0, 0.1) is 0 Å². The van der Waals surface area contributed by atoms with Gasteiger partial charge in [-0.25, -0.2) is 0 Å². The molecule has 2 heteroatoms. The Hall–Kier alpha value is -0.0800. The van der Waals surface area contributed by atoms with Gasteiger partial charge in [-0.1, -0.05) is 6.92 Å². The fourth-order valence-electron chi connectivity index (χ4n) is 2.29. The fraction of sp³-hybridized carbons (Fsp3) is 1.00. The van der Waals surface area contributed by atoms with Crippen LogP contribution in [0.4, 0.5) is 0 Å². The van der Waals surface area contributed by atoms with Crippen molar-refractivity contribution in [3.05, 3.63) is 0 Å². The third kappa shape index (κ3) is 2.20. The molecule has 0 aromatic carbocycles. The van der Waals surface area contributed by atoms with Crippen LogP contribution >= 0.6 is 0 Å². The molecule has 2 unspecified atom stereocenters. The Morgan fingerprint density at radius 3 is 2.92 bits per heavy atom. The fourth-order valence-corrected chi connectivity index (χ4v) is 2.29. The van der Waals surface area contributed by atoms with Gasteiger partial charge in [0.15, 0.2) is 0 Å². The summed E-state index contributed by atoms with van der Waals surface area (Å²) >= 11 is 0. The van der Waals surface area contributed by atoms with Crippen molar-refractivity contribution in [3.8, 4) is 0 Å². The molecule has 1 heterocycles. The minimum Gasteiger partial charge on any atom is -0.318 e. The zero-order valence-corrected chi connectivity index (χ0v) is 8.64. The molecule has 2 atom stereocenters. The van der Waals surface area contributed by atoms with E-state index in [0.717, 1.165) is 12.6 Å². The second-order valence-electron chi connectivity index (χ2n) is 3.85. The van der Waals surface area contributed by atoms with Gasteiger partial charge < -0.3 is 5.32 Å². The number of likely N-dealkylation sites (tertiary alicyclic amines) is 1. The number of likely N-dealkylation sites (N-methyl/N-ethyl adjacent to an activating group) is 1. The van der Waals surface area contributed by atoms with Crippen LogP contribution in [-0.2, 0) is 0 Å². The summed E-state index contributed by atoms with van der Waals surface area (Å²) in [7, 11) is 2.04. The number of nitrogens with one attached hydrogen (secondary N) is 1. The van der Waals surface area contributed by atoms with Crippen molar-refractivity contribution in [2.45, 2.75) is 45.2 Å². The maximum Gasteiger partial charge on any atom is 0.0195 e. The molecule has 1 aliphatic heterocycles. The summed E-state index contributed by atoms with van der Waals surface area (Å²) < 4.78 is 0. The zero-order valence-electron chi connectivity index (χ0n) is 8.64. The molecule has 0 aromatic heterocycles. The molecule has 0 radical (unpaired) electrons. The van der Waals surface area contributed by atoms with Gasteiger partial charge in [0.1, 0.15) is 0 Å². The first-order chi connectivity index (χ1) is 5.79. The van der Waals surface area contributed by atoms with Crippen LogP contribution in [-0.4, -0.2) is 37.1 Å². The van der Waals surface area contributed by atoms with Crippen LogP contribution in [0.2, 0.25) is 0 Å². The molecule has 1 N–H and O–H groups in total. The minimum atomic E-state index is 0.711. The second-order valence-corrected chi connectivity index (χ2v) is 3.85. The van der Waals surface area contributed by atoms with E-state index in [4.69, 9.17) is 0 Å². The average molecular weight is 170 g/mol. The van der Waals surface area contributed by atoms with E-state index in [1.165, 1.54) is 25.8 Å². The van der Waals surface area contributed by atoms with Crippen molar-refractivity contribution in [2.75, 3.05) is 20.1 Å². The number of rotatable bonds is 4. The topological polar surface area (TPSA) is 15.3 Å². The van der Waals surface area contributed by atoms with E-state index < -0.39 is 0 Å². The maximum absolute atomic E-state index is 3.25. The molecule has 0 amide bonds. The SMILES string of the molecule is CCC1CCCN1C(C)CNC. The molecule has 1 saturated heterocycles. The Morgan fingerprint density at radius 2 is 2.33 bits per heavy atom. The van der Waals surface area contributed by atoms with Crippen molar-refractivity contribution < 1.29 is 0 Å². The first kappa shape index (κ1) is 10.0. The molecule has 72 valence electrons. The Morgan fingerprint density at radius 1 is 1.58 bits per heavy atom. The Labute approximate surface area is 76.3 Å². The summed E-state index contributed by atoms with van der Waals surface area (Å²) in [5, 5.41) is 3.25. The lowest BCUT2D eigenvalue weighted by molar-refractivity contribution is 0.186. The quantitative estimate of drug-likeness (QED) is 0.687. The Balaban J connectivity index is 2.38. The van der Waals surface area contributed by atoms with Crippen molar-refractivity contribution in [1.82, 2.24) is 10.2 Å². The third-order valence-electron chi connectivity index (χ3n) is 2.96. The van der Waals surface area contributed by atoms with Crippen LogP contribution in [0.15, 0.2) is 0 Å². The lowest BCUT2D eigenvalue weighted by atomic mass is 10.1. The molecular weight excluding hydrogens is 148 g/mol. The third-order valence-corrected chi connectivity index (χ3v) is 2.96. The number of hydrogen-bond acceptors (Lipinski definition) is 2. The second kappa shape index (κ2) is 4.83. The zero-order chi connectivity index (χ0) is 8.97. The molecule has 2 nitrogen and oxygen atoms in total. The van der Waals surface area contributed by atoms with Crippen LogP contribution in [0.3, 0.4) is 0 Å². The van der Waals surface area contributed by atoms with E-state index in [1.54, 1.807) is 0 Å². The van der Waals surface area contributed by atoms with Gasteiger partial charge in [0.05, 0.1) is 0 Å². The smallest absolute Gasteiger partial charge is 0.0195 e. The lowest BCUT2D eigenvalue weighted by Gasteiger charge is -2.29. The van der Waals surface area contributed by atoms with Crippen molar-refractivity contribution in [2.24, 2.45) is 0 Å². The van der Waals surface area contributed by atoms with E-state index >= 15 is 0 Å². The highest BCUT2D eigenvalue weighted by atomic mass is 15.2. The van der Waals surface area contributed by atoms with Gasteiger partial charge in [-0.05, 0) is 39.8 Å². The van der Waals surface area contributed by atoms with E-state index in [1.807, 2.05) is 7.05 Å². The highest BCUT2D eigenvalue weighted by Gasteiger charge is 2.26. The predicted octanol–water partition coefficient (Wildman–Crippen LogP) is 1.47. The normalized spacial score (nSPS) is 27.8. The van der Waals surface area contributed by atoms with E-state index in [0.29, 0.717) is 6.04 Å². The Bertz CT molecular complexity index is 125. The summed E-state index contributed by atoms with van der Waals surface area (Å²) in [6.07, 6.45) is 4.12. The maximum atomic E-state index is 3.25. The van der Waals surface area contributed by atoms with Gasteiger partial charge in [0, 0.05) is 18.6 Å². The monoisotopic (exact) mass is 170 g/mol. The summed E-state index contributed by atoms with van der Waals surface area (Å²) in [6.45, 7) is 7.05. The van der Waals surface area contributed by atoms with Crippen molar-refractivity contribution >= 4 is 0 Å². The van der Waals surface area contributed by atoms with Crippen LogP contribution in [0.25, 0.3) is 0 Å². The van der Waals surface area contributed by atoms with Gasteiger partial charge >= 0.3 is 0 Å². The lowest BCUT2D eigenvalue weighted by Crippen LogP contribution is -2.42. The molecule has 1 rings (SSSR count). The summed E-state index contributed by atoms with van der Waals surface area (Å²) in [5.41, 5.74) is 0. The average Bonchev–Trinajstić information content (AvgIpc) is 2.51. The number of hydrogen-bond donors (Lipinski definition) is 1. The van der Waals surface area contributed by atoms with Crippen LogP contribution < -0.4 is 5.32 Å². The molecule has 1 aliphatic rings. The van der Waals surface area contributed by atoms with E-state index in [-0.39, 0.29) is 0 Å². The Kier molecular flexibility index (Phi) is 4.02. The van der Waals surface area contributed by atoms with Gasteiger partial charge in [-0.3, -0.25) is 4.90 Å². The summed E-state index contributed by atoms with van der Waals surface area (Å²) in [5.74, 6) is 0. The van der Waals surface area contributed by atoms with E-state index in [2.05, 4.69) is 24.1 Å². The van der Waals surface area contributed by atoms with Gasteiger partial charge in [0.2, 0.25) is 0 Å². The summed E-state index contributed by atoms with van der Waals surface area (Å²) in [4.78, 5) is 2.65. The molecular formula is C10H22N2. The standard InChI is InChI=1S/C10H22N2/c1-4-10-6-5-7-12(10)9(2)8-11-3/h9-11H,4-8H2,1-3H3.